The lowest BCUT2D eigenvalue weighted by atomic mass is 9.80. The Kier molecular flexibility index (Phi) is 7.17. The number of methoxy groups -OCH3 is 1. The summed E-state index contributed by atoms with van der Waals surface area (Å²) >= 11 is 0. The van der Waals surface area contributed by atoms with Gasteiger partial charge >= 0.3 is 0 Å². The van der Waals surface area contributed by atoms with Crippen molar-refractivity contribution in [3.05, 3.63) is 41.7 Å². The minimum absolute atomic E-state index is 0. The Morgan fingerprint density at radius 3 is 2.68 bits per heavy atom. The number of hydrogen-bond donors (Lipinski definition) is 0. The highest BCUT2D eigenvalue weighted by molar-refractivity contribution is 5.85. The van der Waals surface area contributed by atoms with Crippen LogP contribution in [0, 0.1) is 11.8 Å². The Morgan fingerprint density at radius 2 is 2.00 bits per heavy atom. The molecular weight excluding hydrogens is 382 g/mol. The molecule has 3 aliphatic rings. The predicted molar refractivity (Wildman–Crippen MR) is 107 cm³/mol. The van der Waals surface area contributed by atoms with Gasteiger partial charge in [0.05, 0.1) is 7.11 Å². The van der Waals surface area contributed by atoms with Gasteiger partial charge in [-0.2, -0.15) is 0 Å². The summed E-state index contributed by atoms with van der Waals surface area (Å²) in [6.07, 6.45) is 4.49. The van der Waals surface area contributed by atoms with Gasteiger partial charge in [0, 0.05) is 24.7 Å². The van der Waals surface area contributed by atoms with Gasteiger partial charge in [0.25, 0.3) is 5.88 Å². The zero-order valence-corrected chi connectivity index (χ0v) is 16.8. The number of hydrogen-bond acceptors (Lipinski definition) is 7. The second kappa shape index (κ2) is 9.80. The van der Waals surface area contributed by atoms with Crippen LogP contribution in [0.25, 0.3) is 0 Å². The number of aromatic nitrogens is 1. The summed E-state index contributed by atoms with van der Waals surface area (Å²) in [4.78, 5) is 7.88. The van der Waals surface area contributed by atoms with Gasteiger partial charge in [-0.3, -0.25) is 0 Å². The molecule has 1 aromatic carbocycles. The number of nitrogens with zero attached hydrogens (tertiary/aromatic N) is 3. The van der Waals surface area contributed by atoms with Crippen LogP contribution in [-0.2, 0) is 18.1 Å². The van der Waals surface area contributed by atoms with E-state index < -0.39 is 0 Å². The molecule has 0 N–H and O–H groups in total. The highest BCUT2D eigenvalue weighted by atomic mass is 35.5. The quantitative estimate of drug-likeness (QED) is 0.492. The van der Waals surface area contributed by atoms with Crippen molar-refractivity contribution < 1.29 is 18.8 Å². The molecule has 2 aromatic rings. The van der Waals surface area contributed by atoms with E-state index in [-0.39, 0.29) is 19.0 Å². The van der Waals surface area contributed by atoms with E-state index in [0.29, 0.717) is 24.2 Å². The minimum Gasteiger partial charge on any atom is -0.497 e. The second-order valence-corrected chi connectivity index (χ2v) is 7.10. The van der Waals surface area contributed by atoms with E-state index in [2.05, 4.69) is 15.2 Å². The molecule has 5 rings (SSSR count). The topological polar surface area (TPSA) is 69.3 Å². The minimum atomic E-state index is 0. The molecule has 3 aliphatic heterocycles. The Bertz CT molecular complexity index is 757. The first kappa shape index (κ1) is 20.5. The molecule has 0 amide bonds. The van der Waals surface area contributed by atoms with E-state index in [1.165, 1.54) is 25.9 Å². The lowest BCUT2D eigenvalue weighted by Crippen LogP contribution is -2.47. The van der Waals surface area contributed by atoms with E-state index in [0.717, 1.165) is 23.8 Å². The molecule has 3 saturated heterocycles. The molecular formula is C20H26ClN3O4. The molecule has 0 saturated carbocycles. The van der Waals surface area contributed by atoms with Crippen molar-refractivity contribution in [3.8, 4) is 11.6 Å². The molecule has 8 heteroatoms. The molecule has 152 valence electrons. The molecule has 2 bridgehead atoms. The summed E-state index contributed by atoms with van der Waals surface area (Å²) in [7, 11) is 1.64. The van der Waals surface area contributed by atoms with Crippen molar-refractivity contribution in [2.45, 2.75) is 26.1 Å². The highest BCUT2D eigenvalue weighted by Gasteiger charge is 2.33. The van der Waals surface area contributed by atoms with Gasteiger partial charge < -0.3 is 23.7 Å². The molecule has 28 heavy (non-hydrogen) atoms. The maximum absolute atomic E-state index is 5.64. The van der Waals surface area contributed by atoms with Crippen LogP contribution in [0.1, 0.15) is 24.2 Å². The fourth-order valence-electron chi connectivity index (χ4n) is 3.71. The van der Waals surface area contributed by atoms with Gasteiger partial charge in [0.1, 0.15) is 12.4 Å². The van der Waals surface area contributed by atoms with Crippen LogP contribution in [0.2, 0.25) is 0 Å². The Labute approximate surface area is 171 Å². The zero-order chi connectivity index (χ0) is 18.5. The van der Waals surface area contributed by atoms with Gasteiger partial charge in [-0.25, -0.2) is 0 Å². The van der Waals surface area contributed by atoms with Crippen molar-refractivity contribution in [1.82, 2.24) is 10.1 Å². The summed E-state index contributed by atoms with van der Waals surface area (Å²) in [6, 6.07) is 9.42. The van der Waals surface area contributed by atoms with Crippen LogP contribution in [0.4, 0.5) is 0 Å². The monoisotopic (exact) mass is 407 g/mol. The molecule has 1 unspecified atom stereocenters. The molecule has 1 aromatic heterocycles. The first-order valence-electron chi connectivity index (χ1n) is 9.39. The first-order chi connectivity index (χ1) is 13.3. The summed E-state index contributed by atoms with van der Waals surface area (Å²) in [6.45, 7) is 4.22. The van der Waals surface area contributed by atoms with Crippen LogP contribution >= 0.6 is 12.4 Å². The number of rotatable bonds is 8. The fourth-order valence-corrected chi connectivity index (χ4v) is 3.71. The summed E-state index contributed by atoms with van der Waals surface area (Å²) in [5.74, 6) is 3.10. The average Bonchev–Trinajstić information content (AvgIpc) is 3.19. The lowest BCUT2D eigenvalue weighted by Gasteiger charge is -2.43. The number of halogens is 1. The van der Waals surface area contributed by atoms with Crippen LogP contribution in [0.5, 0.6) is 11.6 Å². The molecule has 4 heterocycles. The van der Waals surface area contributed by atoms with E-state index in [4.69, 9.17) is 18.8 Å². The summed E-state index contributed by atoms with van der Waals surface area (Å²) in [5, 5.41) is 8.04. The van der Waals surface area contributed by atoms with Crippen LogP contribution in [0.15, 0.2) is 40.0 Å². The molecule has 3 fully saturated rings. The number of ether oxygens (including phenoxy) is 2. The maximum atomic E-state index is 5.64. The first-order valence-corrected chi connectivity index (χ1v) is 9.39. The molecule has 0 aliphatic carbocycles. The number of oxime groups is 1. The van der Waals surface area contributed by atoms with Gasteiger partial charge in [-0.15, -0.1) is 12.4 Å². The fraction of sp³-hybridized carbons (Fsp3) is 0.500. The zero-order valence-electron chi connectivity index (χ0n) is 16.0. The van der Waals surface area contributed by atoms with Gasteiger partial charge in [0.15, 0.2) is 12.4 Å². The van der Waals surface area contributed by atoms with E-state index >= 15 is 0 Å². The van der Waals surface area contributed by atoms with E-state index in [1.54, 1.807) is 13.2 Å². The van der Waals surface area contributed by atoms with Crippen LogP contribution in [0.3, 0.4) is 0 Å². The van der Waals surface area contributed by atoms with Gasteiger partial charge in [0.2, 0.25) is 0 Å². The molecule has 0 radical (unpaired) electrons. The maximum Gasteiger partial charge on any atom is 0.254 e. The van der Waals surface area contributed by atoms with Crippen molar-refractivity contribution in [2.24, 2.45) is 17.0 Å². The molecule has 7 nitrogen and oxygen atoms in total. The van der Waals surface area contributed by atoms with Gasteiger partial charge in [-0.05, 0) is 54.7 Å². The highest BCUT2D eigenvalue weighted by Crippen LogP contribution is 2.31. The van der Waals surface area contributed by atoms with Crippen molar-refractivity contribution in [2.75, 3.05) is 26.7 Å². The lowest BCUT2D eigenvalue weighted by molar-refractivity contribution is 0.0762. The van der Waals surface area contributed by atoms with Crippen molar-refractivity contribution in [1.29, 1.82) is 0 Å². The largest absolute Gasteiger partial charge is 0.497 e. The average molecular weight is 408 g/mol. The normalized spacial score (nSPS) is 23.4. The standard InChI is InChI=1S/C20H25N3O4.ClH/c1-24-18-4-2-15(3-5-18)13-25-20-10-19(27-22-20)14-26-21-11-17-12-23-8-6-16(17)7-9-23;/h2-5,10-11,16-17H,6-9,12-14H2,1H3;1H. The Balaban J connectivity index is 0.00000225. The van der Waals surface area contributed by atoms with E-state index in [1.807, 2.05) is 30.5 Å². The molecule has 1 atom stereocenters. The third kappa shape index (κ3) is 5.17. The van der Waals surface area contributed by atoms with Crippen molar-refractivity contribution >= 4 is 18.6 Å². The third-order valence-corrected chi connectivity index (χ3v) is 5.32. The molecule has 0 spiro atoms. The number of fused-ring (bicyclic) bond motifs is 3. The SMILES string of the molecule is COc1ccc(COc2cc(CON=CC3CN4CCC3CC4)on2)cc1.Cl. The van der Waals surface area contributed by atoms with Crippen molar-refractivity contribution in [3.63, 3.8) is 0 Å². The van der Waals surface area contributed by atoms with Gasteiger partial charge in [-0.1, -0.05) is 17.3 Å². The summed E-state index contributed by atoms with van der Waals surface area (Å²) in [5.41, 5.74) is 1.03. The Hall–Kier alpha value is -2.25. The number of piperidine rings is 3. The summed E-state index contributed by atoms with van der Waals surface area (Å²) < 4.78 is 16.0. The second-order valence-electron chi connectivity index (χ2n) is 7.10. The Morgan fingerprint density at radius 1 is 1.21 bits per heavy atom. The predicted octanol–water partition coefficient (Wildman–Crippen LogP) is 3.53. The smallest absolute Gasteiger partial charge is 0.254 e. The number of benzene rings is 1. The van der Waals surface area contributed by atoms with Crippen LogP contribution in [-0.4, -0.2) is 43.0 Å². The van der Waals surface area contributed by atoms with E-state index in [9.17, 15) is 0 Å². The van der Waals surface area contributed by atoms with Crippen LogP contribution < -0.4 is 9.47 Å². The third-order valence-electron chi connectivity index (χ3n) is 5.32.